The van der Waals surface area contributed by atoms with Gasteiger partial charge in [0.1, 0.15) is 5.54 Å². The number of ether oxygens (including phenoxy) is 1. The highest BCUT2D eigenvalue weighted by atomic mass is 16.5. The largest absolute Gasteiger partial charge is 0.468 e. The number of methoxy groups -OCH3 is 1. The molecule has 7 nitrogen and oxygen atoms in total. The number of nitrogens with one attached hydrogen (secondary N) is 1. The summed E-state index contributed by atoms with van der Waals surface area (Å²) in [6, 6.07) is 8.25. The number of nitrogens with zero attached hydrogens (tertiary/aromatic N) is 4. The Morgan fingerprint density at radius 3 is 3.12 bits per heavy atom. The molecule has 0 radical (unpaired) electrons. The van der Waals surface area contributed by atoms with Gasteiger partial charge in [0.2, 0.25) is 5.82 Å². The van der Waals surface area contributed by atoms with Crippen LogP contribution in [0.3, 0.4) is 0 Å². The molecule has 0 amide bonds. The number of benzene rings is 1. The molecular weight excluding hydrogens is 306 g/mol. The number of likely N-dealkylation sites (tertiary alicyclic amines) is 1. The molecule has 1 aliphatic heterocycles. The van der Waals surface area contributed by atoms with Crippen LogP contribution in [0.15, 0.2) is 24.3 Å². The van der Waals surface area contributed by atoms with E-state index in [2.05, 4.69) is 44.6 Å². The van der Waals surface area contributed by atoms with Crippen LogP contribution >= 0.6 is 0 Å². The van der Waals surface area contributed by atoms with Crippen molar-refractivity contribution in [2.45, 2.75) is 37.8 Å². The van der Waals surface area contributed by atoms with Gasteiger partial charge < -0.3 is 4.74 Å². The fourth-order valence-corrected chi connectivity index (χ4v) is 4.20. The van der Waals surface area contributed by atoms with Gasteiger partial charge in [-0.15, -0.1) is 10.2 Å². The lowest BCUT2D eigenvalue weighted by Crippen LogP contribution is -2.49. The number of tetrazole rings is 1. The van der Waals surface area contributed by atoms with Crippen LogP contribution < -0.4 is 0 Å². The first-order chi connectivity index (χ1) is 11.7. The van der Waals surface area contributed by atoms with E-state index in [4.69, 9.17) is 4.74 Å². The van der Waals surface area contributed by atoms with Crippen LogP contribution in [0.4, 0.5) is 0 Å². The molecule has 7 heteroatoms. The Morgan fingerprint density at radius 2 is 2.38 bits per heavy atom. The van der Waals surface area contributed by atoms with Crippen LogP contribution in [0.5, 0.6) is 0 Å². The molecule has 1 saturated carbocycles. The molecule has 2 fully saturated rings. The van der Waals surface area contributed by atoms with Crippen molar-refractivity contribution in [1.82, 2.24) is 25.5 Å². The fraction of sp³-hybridized carbons (Fsp3) is 0.529. The first-order valence-corrected chi connectivity index (χ1v) is 8.36. The number of hydrogen-bond acceptors (Lipinski definition) is 6. The average Bonchev–Trinajstić information content (AvgIpc) is 3.14. The Hall–Kier alpha value is -2.28. The smallest absolute Gasteiger partial charge is 0.326 e. The molecule has 126 valence electrons. The van der Waals surface area contributed by atoms with E-state index in [-0.39, 0.29) is 12.0 Å². The molecule has 3 atom stereocenters. The first-order valence-electron chi connectivity index (χ1n) is 8.36. The van der Waals surface area contributed by atoms with Gasteiger partial charge in [-0.05, 0) is 55.5 Å². The zero-order valence-corrected chi connectivity index (χ0v) is 13.9. The van der Waals surface area contributed by atoms with E-state index in [9.17, 15) is 4.79 Å². The summed E-state index contributed by atoms with van der Waals surface area (Å²) in [6.45, 7) is 3.07. The molecule has 0 bridgehead atoms. The van der Waals surface area contributed by atoms with Gasteiger partial charge in [0, 0.05) is 11.6 Å². The van der Waals surface area contributed by atoms with Gasteiger partial charge in [0.05, 0.1) is 7.11 Å². The lowest BCUT2D eigenvalue weighted by Gasteiger charge is -2.39. The number of hydrogen-bond donors (Lipinski definition) is 1. The van der Waals surface area contributed by atoms with Gasteiger partial charge >= 0.3 is 5.97 Å². The number of aromatic amines is 1. The van der Waals surface area contributed by atoms with Gasteiger partial charge in [-0.25, -0.2) is 0 Å². The summed E-state index contributed by atoms with van der Waals surface area (Å²) in [5.74, 6) is 0.921. The summed E-state index contributed by atoms with van der Waals surface area (Å²) in [6.07, 6.45) is 3.15. The van der Waals surface area contributed by atoms with Crippen molar-refractivity contribution in [3.05, 3.63) is 29.8 Å². The summed E-state index contributed by atoms with van der Waals surface area (Å²) in [5.41, 5.74) is 1.65. The van der Waals surface area contributed by atoms with Crippen LogP contribution in [0.25, 0.3) is 11.4 Å². The van der Waals surface area contributed by atoms with Crippen LogP contribution in [0, 0.1) is 5.92 Å². The molecule has 4 rings (SSSR count). The Kier molecular flexibility index (Phi) is 3.60. The molecule has 24 heavy (non-hydrogen) atoms. The fourth-order valence-electron chi connectivity index (χ4n) is 4.20. The second kappa shape index (κ2) is 5.66. The topological polar surface area (TPSA) is 84.0 Å². The van der Waals surface area contributed by atoms with Crippen molar-refractivity contribution in [2.24, 2.45) is 5.92 Å². The Labute approximate surface area is 140 Å². The number of esters is 1. The van der Waals surface area contributed by atoms with Crippen molar-refractivity contribution >= 4 is 5.97 Å². The molecule has 1 aromatic heterocycles. The molecule has 2 aromatic rings. The first kappa shape index (κ1) is 15.3. The Morgan fingerprint density at radius 1 is 1.50 bits per heavy atom. The third kappa shape index (κ3) is 2.23. The van der Waals surface area contributed by atoms with Crippen LogP contribution in [-0.4, -0.2) is 50.7 Å². The quantitative estimate of drug-likeness (QED) is 0.864. The maximum absolute atomic E-state index is 12.4. The van der Waals surface area contributed by atoms with E-state index in [0.717, 1.165) is 36.9 Å². The minimum atomic E-state index is -0.422. The van der Waals surface area contributed by atoms with Gasteiger partial charge in [-0.1, -0.05) is 18.2 Å². The molecule has 0 spiro atoms. The van der Waals surface area contributed by atoms with E-state index in [0.29, 0.717) is 11.7 Å². The van der Waals surface area contributed by atoms with Gasteiger partial charge in [-0.2, -0.15) is 5.21 Å². The highest BCUT2D eigenvalue weighted by Gasteiger charge is 2.66. The minimum absolute atomic E-state index is 0.0895. The molecule has 1 aliphatic carbocycles. The van der Waals surface area contributed by atoms with E-state index >= 15 is 0 Å². The molecule has 1 saturated heterocycles. The van der Waals surface area contributed by atoms with Crippen LogP contribution in [0.1, 0.15) is 37.8 Å². The number of piperidine rings is 1. The number of carbonyl (C=O) groups excluding carboxylic acids is 1. The second-order valence-corrected chi connectivity index (χ2v) is 6.69. The molecule has 1 aromatic carbocycles. The summed E-state index contributed by atoms with van der Waals surface area (Å²) in [4.78, 5) is 14.8. The van der Waals surface area contributed by atoms with E-state index in [1.165, 1.54) is 7.11 Å². The van der Waals surface area contributed by atoms with Crippen molar-refractivity contribution in [1.29, 1.82) is 0 Å². The number of H-pyrrole nitrogens is 1. The monoisotopic (exact) mass is 327 g/mol. The average molecular weight is 327 g/mol. The lowest BCUT2D eigenvalue weighted by atomic mass is 9.96. The third-order valence-electron chi connectivity index (χ3n) is 5.52. The highest BCUT2D eigenvalue weighted by Crippen LogP contribution is 2.57. The van der Waals surface area contributed by atoms with E-state index < -0.39 is 5.54 Å². The second-order valence-electron chi connectivity index (χ2n) is 6.69. The molecule has 2 aliphatic rings. The molecule has 1 unspecified atom stereocenters. The summed E-state index contributed by atoms with van der Waals surface area (Å²) in [5, 5.41) is 14.2. The zero-order chi connectivity index (χ0) is 16.7. The van der Waals surface area contributed by atoms with Crippen molar-refractivity contribution < 1.29 is 9.53 Å². The molecular formula is C17H21N5O2. The Balaban J connectivity index is 1.65. The van der Waals surface area contributed by atoms with Gasteiger partial charge in [0.25, 0.3) is 0 Å². The molecule has 1 N–H and O–H groups in total. The van der Waals surface area contributed by atoms with Gasteiger partial charge in [0.15, 0.2) is 0 Å². The van der Waals surface area contributed by atoms with Crippen molar-refractivity contribution in [3.8, 4) is 11.4 Å². The maximum Gasteiger partial charge on any atom is 0.326 e. The number of aromatic nitrogens is 4. The van der Waals surface area contributed by atoms with Crippen LogP contribution in [0.2, 0.25) is 0 Å². The predicted octanol–water partition coefficient (Wildman–Crippen LogP) is 1.96. The third-order valence-corrected chi connectivity index (χ3v) is 5.52. The molecule has 2 heterocycles. The van der Waals surface area contributed by atoms with Gasteiger partial charge in [-0.3, -0.25) is 9.69 Å². The highest BCUT2D eigenvalue weighted by molar-refractivity contribution is 5.85. The normalized spacial score (nSPS) is 27.3. The zero-order valence-electron chi connectivity index (χ0n) is 13.9. The predicted molar refractivity (Wildman–Crippen MR) is 86.8 cm³/mol. The Bertz CT molecular complexity index is 747. The summed E-state index contributed by atoms with van der Waals surface area (Å²) >= 11 is 0. The summed E-state index contributed by atoms with van der Waals surface area (Å²) < 4.78 is 5.12. The number of fused-ring (bicyclic) bond motifs is 1. The standard InChI is InChI=1S/C17H21N5O2/c1-11(12-5-3-6-13(9-12)15-18-20-21-19-15)22-8-4-7-14-10-17(14,22)16(23)24-2/h3,5-6,9,11,14H,4,7-8,10H2,1-2H3,(H,18,19,20,21)/t11?,14-,17+/m1/s1. The summed E-state index contributed by atoms with van der Waals surface area (Å²) in [7, 11) is 1.49. The number of rotatable bonds is 4. The SMILES string of the molecule is COC(=O)[C@]12C[C@H]1CCCN2C(C)c1cccc(-c2nn[nH]n2)c1. The van der Waals surface area contributed by atoms with Crippen LogP contribution in [-0.2, 0) is 9.53 Å². The van der Waals surface area contributed by atoms with Crippen molar-refractivity contribution in [2.75, 3.05) is 13.7 Å². The van der Waals surface area contributed by atoms with Crippen molar-refractivity contribution in [3.63, 3.8) is 0 Å². The number of carbonyl (C=O) groups is 1. The lowest BCUT2D eigenvalue weighted by molar-refractivity contribution is -0.152. The van der Waals surface area contributed by atoms with E-state index in [1.54, 1.807) is 0 Å². The maximum atomic E-state index is 12.4. The van der Waals surface area contributed by atoms with E-state index in [1.807, 2.05) is 12.1 Å². The minimum Gasteiger partial charge on any atom is -0.468 e.